The number of likely N-dealkylation sites (tertiary alicyclic amines) is 1. The topological polar surface area (TPSA) is 84.4 Å². The molecule has 2 aliphatic heterocycles. The average molecular weight is 617 g/mol. The Balaban J connectivity index is 1.38. The zero-order chi connectivity index (χ0) is 31.2. The lowest BCUT2D eigenvalue weighted by Gasteiger charge is -2.56. The van der Waals surface area contributed by atoms with Crippen LogP contribution in [0.25, 0.3) is 11.3 Å². The van der Waals surface area contributed by atoms with E-state index < -0.39 is 10.0 Å². The predicted octanol–water partition coefficient (Wildman–Crippen LogP) is 7.60. The number of rotatable bonds is 5. The summed E-state index contributed by atoms with van der Waals surface area (Å²) in [6, 6.07) is 16.2. The van der Waals surface area contributed by atoms with Crippen molar-refractivity contribution >= 4 is 16.0 Å². The van der Waals surface area contributed by atoms with Crippen molar-refractivity contribution in [1.29, 1.82) is 0 Å². The van der Waals surface area contributed by atoms with E-state index >= 15 is 0 Å². The Morgan fingerprint density at radius 2 is 1.66 bits per heavy atom. The molecular weight excluding hydrogens is 568 g/mol. The third-order valence-corrected chi connectivity index (χ3v) is 11.8. The molecule has 4 bridgehead atoms. The molecule has 1 saturated heterocycles. The Kier molecular flexibility index (Phi) is 8.52. The van der Waals surface area contributed by atoms with Gasteiger partial charge in [-0.15, -0.1) is 0 Å². The molecule has 2 atom stereocenters. The number of anilines is 1. The summed E-state index contributed by atoms with van der Waals surface area (Å²) in [5, 5.41) is 0. The van der Waals surface area contributed by atoms with E-state index in [2.05, 4.69) is 53.4 Å². The molecule has 3 aliphatic rings. The van der Waals surface area contributed by atoms with Crippen LogP contribution in [0.4, 0.5) is 5.95 Å². The Hall–Kier alpha value is -2.97. The first-order valence-electron chi connectivity index (χ1n) is 16.4. The van der Waals surface area contributed by atoms with E-state index in [4.69, 9.17) is 4.74 Å². The summed E-state index contributed by atoms with van der Waals surface area (Å²) in [6.45, 7) is 16.1. The van der Waals surface area contributed by atoms with Gasteiger partial charge in [-0.2, -0.15) is 4.98 Å². The maximum absolute atomic E-state index is 13.8. The minimum Gasteiger partial charge on any atom is -0.477 e. The van der Waals surface area contributed by atoms with Crippen LogP contribution in [-0.2, 0) is 10.0 Å². The fourth-order valence-corrected chi connectivity index (χ4v) is 9.23. The van der Waals surface area contributed by atoms with Gasteiger partial charge in [0.2, 0.25) is 11.8 Å². The fraction of sp³-hybridized carbons (Fsp3) is 0.556. The summed E-state index contributed by atoms with van der Waals surface area (Å²) in [4.78, 5) is 12.1. The minimum absolute atomic E-state index is 0.0248. The maximum atomic E-state index is 13.8. The van der Waals surface area contributed by atoms with Gasteiger partial charge >= 0.3 is 0 Å². The van der Waals surface area contributed by atoms with Gasteiger partial charge in [-0.25, -0.2) is 18.1 Å². The summed E-state index contributed by atoms with van der Waals surface area (Å²) in [7, 11) is -3.92. The second-order valence-corrected chi connectivity index (χ2v) is 16.1. The van der Waals surface area contributed by atoms with Crippen LogP contribution in [0, 0.1) is 37.0 Å². The van der Waals surface area contributed by atoms with Gasteiger partial charge in [-0.3, -0.25) is 0 Å². The number of nitrogens with one attached hydrogen (secondary N) is 1. The number of benzene rings is 2. The average Bonchev–Trinajstić information content (AvgIpc) is 2.94. The van der Waals surface area contributed by atoms with Crippen molar-refractivity contribution in [3.63, 3.8) is 0 Å². The van der Waals surface area contributed by atoms with E-state index in [1.54, 1.807) is 6.07 Å². The fourth-order valence-electron chi connectivity index (χ4n) is 8.23. The van der Waals surface area contributed by atoms with E-state index in [9.17, 15) is 8.42 Å². The molecule has 0 radical (unpaired) electrons. The molecule has 1 spiro atoms. The molecule has 8 heteroatoms. The zero-order valence-electron chi connectivity index (χ0n) is 27.1. The lowest BCUT2D eigenvalue weighted by molar-refractivity contribution is -0.0419. The third-order valence-electron chi connectivity index (χ3n) is 10.4. The number of piperidine rings is 1. The molecule has 1 aliphatic carbocycles. The predicted molar refractivity (Wildman–Crippen MR) is 176 cm³/mol. The van der Waals surface area contributed by atoms with Crippen LogP contribution < -0.4 is 9.46 Å². The number of nitrogens with zero attached hydrogens (tertiary/aromatic N) is 3. The summed E-state index contributed by atoms with van der Waals surface area (Å²) in [5.74, 6) is 1.82. The summed E-state index contributed by atoms with van der Waals surface area (Å²) < 4.78 is 36.8. The number of hydrogen-bond acceptors (Lipinski definition) is 6. The molecule has 2 fully saturated rings. The molecule has 1 saturated carbocycles. The quantitative estimate of drug-likeness (QED) is 0.318. The summed E-state index contributed by atoms with van der Waals surface area (Å²) in [6.07, 6.45) is 5.89. The van der Waals surface area contributed by atoms with Crippen molar-refractivity contribution in [3.05, 3.63) is 65.2 Å². The number of sulfonamides is 1. The SMILES string of the molecule is Cc1cccc(C)c1-c1cc2nc(n1)NS(=O)(=O)c1cccc(c1)C(C1CC3(CCN(C(C)C)CC3)C1)[C@H](CC(C)C)CO2. The second-order valence-electron chi connectivity index (χ2n) is 14.4. The van der Waals surface area contributed by atoms with Gasteiger partial charge in [0.1, 0.15) is 0 Å². The third kappa shape index (κ3) is 6.25. The van der Waals surface area contributed by atoms with Crippen LogP contribution in [0.3, 0.4) is 0 Å². The molecule has 236 valence electrons. The molecule has 6 rings (SSSR count). The lowest BCUT2D eigenvalue weighted by atomic mass is 9.52. The number of ether oxygens (including phenoxy) is 1. The largest absolute Gasteiger partial charge is 0.477 e. The molecule has 44 heavy (non-hydrogen) atoms. The van der Waals surface area contributed by atoms with Crippen molar-refractivity contribution in [1.82, 2.24) is 14.9 Å². The number of aromatic nitrogens is 2. The van der Waals surface area contributed by atoms with E-state index in [0.29, 0.717) is 41.5 Å². The van der Waals surface area contributed by atoms with Crippen molar-refractivity contribution in [2.24, 2.45) is 23.2 Å². The molecule has 2 aromatic carbocycles. The van der Waals surface area contributed by atoms with Gasteiger partial charge in [0.15, 0.2) is 0 Å². The Morgan fingerprint density at radius 1 is 0.977 bits per heavy atom. The molecular formula is C36H48N4O3S. The summed E-state index contributed by atoms with van der Waals surface area (Å²) in [5.41, 5.74) is 5.26. The number of fused-ring (bicyclic) bond motifs is 4. The van der Waals surface area contributed by atoms with Crippen molar-refractivity contribution < 1.29 is 13.2 Å². The van der Waals surface area contributed by atoms with Crippen LogP contribution in [0.2, 0.25) is 0 Å². The molecule has 3 aromatic rings. The summed E-state index contributed by atoms with van der Waals surface area (Å²) >= 11 is 0. The molecule has 3 heterocycles. The smallest absolute Gasteiger partial charge is 0.264 e. The molecule has 0 amide bonds. The lowest BCUT2D eigenvalue weighted by Crippen LogP contribution is -2.50. The molecule has 7 nitrogen and oxygen atoms in total. The molecule has 1 aromatic heterocycles. The van der Waals surface area contributed by atoms with Crippen LogP contribution in [0.5, 0.6) is 5.88 Å². The van der Waals surface area contributed by atoms with Gasteiger partial charge in [0.25, 0.3) is 10.0 Å². The van der Waals surface area contributed by atoms with Gasteiger partial charge < -0.3 is 9.64 Å². The number of hydrogen-bond donors (Lipinski definition) is 1. The van der Waals surface area contributed by atoms with E-state index in [0.717, 1.165) is 28.7 Å². The maximum Gasteiger partial charge on any atom is 0.264 e. The minimum atomic E-state index is -3.92. The Morgan fingerprint density at radius 3 is 2.32 bits per heavy atom. The highest BCUT2D eigenvalue weighted by atomic mass is 32.2. The van der Waals surface area contributed by atoms with Gasteiger partial charge in [-0.05, 0) is 125 Å². The first kappa shape index (κ1) is 31.0. The second kappa shape index (κ2) is 12.1. The number of aryl methyl sites for hydroxylation is 2. The van der Waals surface area contributed by atoms with E-state index in [1.807, 2.05) is 50.2 Å². The van der Waals surface area contributed by atoms with Crippen LogP contribution in [0.1, 0.15) is 82.4 Å². The van der Waals surface area contributed by atoms with Crippen LogP contribution >= 0.6 is 0 Å². The van der Waals surface area contributed by atoms with Crippen molar-refractivity contribution in [2.45, 2.75) is 90.5 Å². The van der Waals surface area contributed by atoms with Crippen LogP contribution in [0.15, 0.2) is 53.4 Å². The van der Waals surface area contributed by atoms with Gasteiger partial charge in [0, 0.05) is 23.6 Å². The highest BCUT2D eigenvalue weighted by Gasteiger charge is 2.50. The standard InChI is InChI=1S/C36H48N4O3S/c1-23(2)17-28-22-43-32-19-31(33-25(5)9-7-10-26(33)6)37-35(38-32)39-44(41,42)30-12-8-11-27(18-30)34(28)29-20-36(21-29)13-15-40(16-14-36)24(3)4/h7-12,18-19,23-24,28-29,34H,13-17,20-22H2,1-6H3,(H,37,38,39)/t28-,34?/m1/s1. The van der Waals surface area contributed by atoms with Crippen molar-refractivity contribution in [3.8, 4) is 17.1 Å². The Bertz CT molecular complexity index is 1580. The highest BCUT2D eigenvalue weighted by molar-refractivity contribution is 7.92. The van der Waals surface area contributed by atoms with E-state index in [-0.39, 0.29) is 22.7 Å². The Labute approximate surface area is 263 Å². The van der Waals surface area contributed by atoms with Crippen LogP contribution in [-0.4, -0.2) is 49.0 Å². The van der Waals surface area contributed by atoms with E-state index in [1.165, 1.54) is 38.8 Å². The first-order chi connectivity index (χ1) is 20.9. The van der Waals surface area contributed by atoms with Crippen molar-refractivity contribution in [2.75, 3.05) is 24.4 Å². The normalized spacial score (nSPS) is 23.4. The molecule has 1 N–H and O–H groups in total. The first-order valence-corrected chi connectivity index (χ1v) is 17.9. The highest BCUT2D eigenvalue weighted by Crippen LogP contribution is 2.59. The zero-order valence-corrected chi connectivity index (χ0v) is 28.0. The molecule has 1 unspecified atom stereocenters. The monoisotopic (exact) mass is 616 g/mol. The van der Waals surface area contributed by atoms with Gasteiger partial charge in [0.05, 0.1) is 17.2 Å². The van der Waals surface area contributed by atoms with Gasteiger partial charge in [-0.1, -0.05) is 44.2 Å².